The molecule has 4 rings (SSSR count). The standard InChI is InChI=1S/C24H19N3O5/c1-16-13-24(28)32-23-14-20(11-12-21(16)23)31-15-22(17-5-3-2-4-6-17)26-25-18-7-9-19(10-8-18)27(29)30/h2-14,25H,15H2,1H3/b26-22-. The molecule has 1 N–H and O–H groups in total. The van der Waals surface area contributed by atoms with Crippen molar-refractivity contribution in [2.24, 2.45) is 5.10 Å². The predicted molar refractivity (Wildman–Crippen MR) is 122 cm³/mol. The zero-order valence-electron chi connectivity index (χ0n) is 17.1. The highest BCUT2D eigenvalue weighted by Crippen LogP contribution is 2.22. The van der Waals surface area contributed by atoms with E-state index in [0.717, 1.165) is 16.5 Å². The summed E-state index contributed by atoms with van der Waals surface area (Å²) < 4.78 is 11.2. The number of non-ortho nitro benzene ring substituents is 1. The molecule has 1 heterocycles. The van der Waals surface area contributed by atoms with Crippen molar-refractivity contribution >= 4 is 28.1 Å². The number of anilines is 1. The minimum absolute atomic E-state index is 0.00402. The van der Waals surface area contributed by atoms with Crippen LogP contribution in [-0.4, -0.2) is 17.2 Å². The molecule has 0 amide bonds. The first-order valence-electron chi connectivity index (χ1n) is 9.79. The molecule has 8 heteroatoms. The van der Waals surface area contributed by atoms with Gasteiger partial charge >= 0.3 is 5.63 Å². The lowest BCUT2D eigenvalue weighted by atomic mass is 10.1. The monoisotopic (exact) mass is 429 g/mol. The van der Waals surface area contributed by atoms with Gasteiger partial charge in [0.25, 0.3) is 5.69 Å². The fraction of sp³-hybridized carbons (Fsp3) is 0.0833. The first-order chi connectivity index (χ1) is 15.5. The van der Waals surface area contributed by atoms with Gasteiger partial charge in [-0.1, -0.05) is 30.3 Å². The molecule has 3 aromatic carbocycles. The summed E-state index contributed by atoms with van der Waals surface area (Å²) >= 11 is 0. The highest BCUT2D eigenvalue weighted by atomic mass is 16.6. The SMILES string of the molecule is Cc1cc(=O)oc2cc(OC/C(=N/Nc3ccc([N+](=O)[O-])cc3)c3ccccc3)ccc12. The Labute approximate surface area is 182 Å². The third kappa shape index (κ3) is 4.81. The van der Waals surface area contributed by atoms with Crippen LogP contribution in [0.25, 0.3) is 11.0 Å². The Kier molecular flexibility index (Phi) is 5.94. The van der Waals surface area contributed by atoms with Crippen molar-refractivity contribution in [2.75, 3.05) is 12.0 Å². The summed E-state index contributed by atoms with van der Waals surface area (Å²) in [6.07, 6.45) is 0. The Hall–Kier alpha value is -4.46. The van der Waals surface area contributed by atoms with Gasteiger partial charge in [-0.3, -0.25) is 15.5 Å². The van der Waals surface area contributed by atoms with Crippen molar-refractivity contribution < 1.29 is 14.1 Å². The van der Waals surface area contributed by atoms with Crippen molar-refractivity contribution in [3.63, 3.8) is 0 Å². The molecule has 0 saturated heterocycles. The number of nitro benzene ring substituents is 1. The number of hydrazone groups is 1. The van der Waals surface area contributed by atoms with Crippen LogP contribution in [0.4, 0.5) is 11.4 Å². The summed E-state index contributed by atoms with van der Waals surface area (Å²) in [6.45, 7) is 2.00. The van der Waals surface area contributed by atoms with Crippen molar-refractivity contribution in [3.8, 4) is 5.75 Å². The molecule has 0 unspecified atom stereocenters. The second-order valence-electron chi connectivity index (χ2n) is 7.04. The fourth-order valence-corrected chi connectivity index (χ4v) is 3.15. The molecule has 0 radical (unpaired) electrons. The van der Waals surface area contributed by atoms with Gasteiger partial charge in [-0.2, -0.15) is 5.10 Å². The molecule has 1 aromatic heterocycles. The lowest BCUT2D eigenvalue weighted by Crippen LogP contribution is -2.15. The molecular formula is C24H19N3O5. The van der Waals surface area contributed by atoms with E-state index in [1.54, 1.807) is 18.2 Å². The first kappa shape index (κ1) is 20.8. The summed E-state index contributed by atoms with van der Waals surface area (Å²) in [6, 6.07) is 22.3. The van der Waals surface area contributed by atoms with E-state index in [1.165, 1.54) is 18.2 Å². The molecule has 4 aromatic rings. The Balaban J connectivity index is 1.56. The van der Waals surface area contributed by atoms with E-state index in [4.69, 9.17) is 9.15 Å². The van der Waals surface area contributed by atoms with E-state index in [9.17, 15) is 14.9 Å². The van der Waals surface area contributed by atoms with E-state index in [1.807, 2.05) is 49.4 Å². The largest absolute Gasteiger partial charge is 0.487 e. The molecule has 0 spiro atoms. The van der Waals surface area contributed by atoms with Crippen LogP contribution < -0.4 is 15.8 Å². The smallest absolute Gasteiger partial charge is 0.336 e. The number of fused-ring (bicyclic) bond motifs is 1. The minimum atomic E-state index is -0.455. The number of nitrogens with one attached hydrogen (secondary N) is 1. The summed E-state index contributed by atoms with van der Waals surface area (Å²) in [5.41, 5.74) is 5.87. The summed E-state index contributed by atoms with van der Waals surface area (Å²) in [5.74, 6) is 0.533. The van der Waals surface area contributed by atoms with Crippen LogP contribution in [0, 0.1) is 17.0 Å². The van der Waals surface area contributed by atoms with E-state index in [2.05, 4.69) is 10.5 Å². The fourth-order valence-electron chi connectivity index (χ4n) is 3.15. The van der Waals surface area contributed by atoms with Crippen LogP contribution in [0.2, 0.25) is 0 Å². The molecule has 0 aliphatic heterocycles. The van der Waals surface area contributed by atoms with Crippen LogP contribution in [0.1, 0.15) is 11.1 Å². The van der Waals surface area contributed by atoms with Crippen LogP contribution in [0.3, 0.4) is 0 Å². The van der Waals surface area contributed by atoms with Gasteiger partial charge in [0.2, 0.25) is 0 Å². The quantitative estimate of drug-likeness (QED) is 0.194. The Bertz CT molecular complexity index is 1350. The Morgan fingerprint density at radius 1 is 1.06 bits per heavy atom. The number of benzene rings is 3. The van der Waals surface area contributed by atoms with Crippen molar-refractivity contribution in [1.82, 2.24) is 0 Å². The van der Waals surface area contributed by atoms with Gasteiger partial charge in [-0.15, -0.1) is 0 Å². The molecule has 160 valence electrons. The average molecular weight is 429 g/mol. The minimum Gasteiger partial charge on any atom is -0.487 e. The van der Waals surface area contributed by atoms with Gasteiger partial charge in [0.05, 0.1) is 10.6 Å². The summed E-state index contributed by atoms with van der Waals surface area (Å²) in [5, 5.41) is 16.1. The second kappa shape index (κ2) is 9.13. The van der Waals surface area contributed by atoms with Crippen molar-refractivity contribution in [1.29, 1.82) is 0 Å². The average Bonchev–Trinajstić information content (AvgIpc) is 2.79. The van der Waals surface area contributed by atoms with Gasteiger partial charge < -0.3 is 9.15 Å². The maximum Gasteiger partial charge on any atom is 0.336 e. The van der Waals surface area contributed by atoms with Gasteiger partial charge in [0, 0.05) is 35.2 Å². The van der Waals surface area contributed by atoms with E-state index in [-0.39, 0.29) is 12.3 Å². The van der Waals surface area contributed by atoms with Gasteiger partial charge in [-0.05, 0) is 36.8 Å². The van der Waals surface area contributed by atoms with Crippen LogP contribution in [-0.2, 0) is 0 Å². The number of aryl methyl sites for hydroxylation is 1. The lowest BCUT2D eigenvalue weighted by Gasteiger charge is -2.11. The summed E-state index contributed by atoms with van der Waals surface area (Å²) in [4.78, 5) is 22.0. The third-order valence-electron chi connectivity index (χ3n) is 4.80. The number of hydrogen-bond donors (Lipinski definition) is 1. The van der Waals surface area contributed by atoms with E-state index in [0.29, 0.717) is 22.7 Å². The molecule has 0 aliphatic rings. The molecular weight excluding hydrogens is 410 g/mol. The molecule has 0 saturated carbocycles. The van der Waals surface area contributed by atoms with Gasteiger partial charge in [-0.25, -0.2) is 4.79 Å². The first-order valence-corrected chi connectivity index (χ1v) is 9.79. The molecule has 0 aliphatic carbocycles. The topological polar surface area (TPSA) is 107 Å². The van der Waals surface area contributed by atoms with Crippen LogP contribution >= 0.6 is 0 Å². The Morgan fingerprint density at radius 3 is 2.53 bits per heavy atom. The zero-order chi connectivity index (χ0) is 22.5. The number of nitro groups is 1. The summed E-state index contributed by atoms with van der Waals surface area (Å²) in [7, 11) is 0. The number of ether oxygens (including phenoxy) is 1. The highest BCUT2D eigenvalue weighted by Gasteiger charge is 2.09. The predicted octanol–water partition coefficient (Wildman–Crippen LogP) is 4.90. The van der Waals surface area contributed by atoms with Crippen LogP contribution in [0.15, 0.2) is 93.2 Å². The molecule has 0 fully saturated rings. The molecule has 0 bridgehead atoms. The lowest BCUT2D eigenvalue weighted by molar-refractivity contribution is -0.384. The van der Waals surface area contributed by atoms with E-state index < -0.39 is 10.5 Å². The van der Waals surface area contributed by atoms with Gasteiger partial charge in [0.1, 0.15) is 23.7 Å². The van der Waals surface area contributed by atoms with Crippen LogP contribution in [0.5, 0.6) is 5.75 Å². The molecule has 8 nitrogen and oxygen atoms in total. The Morgan fingerprint density at radius 2 is 1.81 bits per heavy atom. The normalized spacial score (nSPS) is 11.3. The van der Waals surface area contributed by atoms with Crippen molar-refractivity contribution in [2.45, 2.75) is 6.92 Å². The van der Waals surface area contributed by atoms with Gasteiger partial charge in [0.15, 0.2) is 0 Å². The maximum absolute atomic E-state index is 11.7. The number of hydrogen-bond acceptors (Lipinski definition) is 7. The maximum atomic E-state index is 11.7. The highest BCUT2D eigenvalue weighted by molar-refractivity contribution is 6.02. The third-order valence-corrected chi connectivity index (χ3v) is 4.80. The zero-order valence-corrected chi connectivity index (χ0v) is 17.1. The number of nitrogens with zero attached hydrogens (tertiary/aromatic N) is 2. The molecule has 32 heavy (non-hydrogen) atoms. The number of rotatable bonds is 7. The van der Waals surface area contributed by atoms with Crippen molar-refractivity contribution in [3.05, 3.63) is 111 Å². The second-order valence-corrected chi connectivity index (χ2v) is 7.04. The molecule has 0 atom stereocenters. The van der Waals surface area contributed by atoms with E-state index >= 15 is 0 Å².